The van der Waals surface area contributed by atoms with E-state index < -0.39 is 5.69 Å². The molecule has 1 N–H and O–H groups in total. The standard InChI is InChI=1S/C16H17N3O3/c1-3-4-7-19-13-9-11(20)6-5-10(13)8-12-14(19)17-16(22)18(2)15(12)21/h5-6,8-9H,3-4,7H2,1-2H3,(H,17,22). The Morgan fingerprint density at radius 3 is 2.64 bits per heavy atom. The summed E-state index contributed by atoms with van der Waals surface area (Å²) < 4.78 is 2.92. The third-order valence-corrected chi connectivity index (χ3v) is 3.92. The Bertz CT molecular complexity index is 994. The van der Waals surface area contributed by atoms with Crippen LogP contribution in [0.25, 0.3) is 22.3 Å². The quantitative estimate of drug-likeness (QED) is 0.740. The summed E-state index contributed by atoms with van der Waals surface area (Å²) >= 11 is 0. The number of H-pyrrole nitrogens is 1. The van der Waals surface area contributed by atoms with E-state index in [0.717, 1.165) is 28.7 Å². The van der Waals surface area contributed by atoms with Crippen LogP contribution in [0.5, 0.6) is 0 Å². The van der Waals surface area contributed by atoms with Crippen LogP contribution in [0, 0.1) is 0 Å². The molecule has 1 aliphatic carbocycles. The maximum atomic E-state index is 12.4. The van der Waals surface area contributed by atoms with E-state index in [1.54, 1.807) is 18.2 Å². The van der Waals surface area contributed by atoms with Crippen molar-refractivity contribution in [3.05, 3.63) is 55.3 Å². The summed E-state index contributed by atoms with van der Waals surface area (Å²) in [6, 6.07) is 6.46. The fraction of sp³-hybridized carbons (Fsp3) is 0.312. The van der Waals surface area contributed by atoms with Gasteiger partial charge in [0.05, 0.1) is 11.1 Å². The van der Waals surface area contributed by atoms with Crippen LogP contribution in [0.4, 0.5) is 0 Å². The number of fused-ring (bicyclic) bond motifs is 2. The molecule has 0 fully saturated rings. The summed E-state index contributed by atoms with van der Waals surface area (Å²) in [4.78, 5) is 38.7. The molecule has 1 aromatic heterocycles. The first-order chi connectivity index (χ1) is 10.5. The smallest absolute Gasteiger partial charge is 0.326 e. The summed E-state index contributed by atoms with van der Waals surface area (Å²) in [6.07, 6.45) is 1.86. The van der Waals surface area contributed by atoms with Gasteiger partial charge in [-0.25, -0.2) is 4.79 Å². The number of aromatic amines is 1. The molecular formula is C16H17N3O3. The Kier molecular flexibility index (Phi) is 3.44. The molecule has 0 amide bonds. The van der Waals surface area contributed by atoms with Crippen LogP contribution in [-0.4, -0.2) is 14.1 Å². The molecule has 0 radical (unpaired) electrons. The van der Waals surface area contributed by atoms with E-state index in [2.05, 4.69) is 11.9 Å². The fourth-order valence-corrected chi connectivity index (χ4v) is 2.67. The van der Waals surface area contributed by atoms with E-state index in [0.29, 0.717) is 17.6 Å². The molecule has 2 heterocycles. The van der Waals surface area contributed by atoms with Crippen molar-refractivity contribution in [2.45, 2.75) is 26.3 Å². The molecule has 6 nitrogen and oxygen atoms in total. The van der Waals surface area contributed by atoms with Crippen molar-refractivity contribution in [2.24, 2.45) is 7.05 Å². The highest BCUT2D eigenvalue weighted by Gasteiger charge is 2.15. The van der Waals surface area contributed by atoms with Crippen LogP contribution in [0.2, 0.25) is 0 Å². The number of benzene rings is 1. The average Bonchev–Trinajstić information content (AvgIpc) is 2.50. The minimum atomic E-state index is -0.458. The van der Waals surface area contributed by atoms with Crippen LogP contribution in [0.1, 0.15) is 19.8 Å². The van der Waals surface area contributed by atoms with Gasteiger partial charge in [-0.2, -0.15) is 0 Å². The number of aryl methyl sites for hydroxylation is 1. The predicted octanol–water partition coefficient (Wildman–Crippen LogP) is 1.29. The number of rotatable bonds is 3. The van der Waals surface area contributed by atoms with Gasteiger partial charge < -0.3 is 4.57 Å². The van der Waals surface area contributed by atoms with Gasteiger partial charge in [-0.1, -0.05) is 13.3 Å². The maximum absolute atomic E-state index is 12.4. The van der Waals surface area contributed by atoms with Crippen LogP contribution < -0.4 is 16.7 Å². The topological polar surface area (TPSA) is 76.9 Å². The lowest BCUT2D eigenvalue weighted by Crippen LogP contribution is -2.33. The van der Waals surface area contributed by atoms with Crippen molar-refractivity contribution in [3.63, 3.8) is 0 Å². The van der Waals surface area contributed by atoms with Crippen molar-refractivity contribution >= 4 is 11.0 Å². The monoisotopic (exact) mass is 299 g/mol. The molecule has 0 saturated carbocycles. The van der Waals surface area contributed by atoms with Crippen molar-refractivity contribution in [1.29, 1.82) is 0 Å². The maximum Gasteiger partial charge on any atom is 0.329 e. The van der Waals surface area contributed by atoms with E-state index in [-0.39, 0.29) is 11.0 Å². The molecule has 6 heteroatoms. The molecule has 0 aromatic carbocycles. The molecule has 22 heavy (non-hydrogen) atoms. The van der Waals surface area contributed by atoms with Crippen molar-refractivity contribution in [1.82, 2.24) is 14.1 Å². The molecule has 0 atom stereocenters. The van der Waals surface area contributed by atoms with Crippen molar-refractivity contribution in [3.8, 4) is 11.3 Å². The van der Waals surface area contributed by atoms with E-state index in [4.69, 9.17) is 0 Å². The normalized spacial score (nSPS) is 11.4. The predicted molar refractivity (Wildman–Crippen MR) is 85.6 cm³/mol. The molecule has 1 aromatic rings. The second kappa shape index (κ2) is 5.29. The molecular weight excluding hydrogens is 282 g/mol. The highest BCUT2D eigenvalue weighted by molar-refractivity contribution is 5.83. The van der Waals surface area contributed by atoms with Gasteiger partial charge in [0, 0.05) is 19.7 Å². The third kappa shape index (κ3) is 2.16. The highest BCUT2D eigenvalue weighted by atomic mass is 16.2. The minimum Gasteiger partial charge on any atom is -0.326 e. The molecule has 114 valence electrons. The fourth-order valence-electron chi connectivity index (χ4n) is 2.67. The first kappa shape index (κ1) is 14.3. The number of nitrogens with one attached hydrogen (secondary N) is 1. The summed E-state index contributed by atoms with van der Waals surface area (Å²) in [7, 11) is 1.45. The lowest BCUT2D eigenvalue weighted by Gasteiger charge is -2.18. The van der Waals surface area contributed by atoms with Gasteiger partial charge in [-0.3, -0.25) is 19.1 Å². The van der Waals surface area contributed by atoms with Gasteiger partial charge in [-0.15, -0.1) is 0 Å². The number of aromatic nitrogens is 3. The van der Waals surface area contributed by atoms with Gasteiger partial charge in [-0.05, 0) is 30.2 Å². The zero-order chi connectivity index (χ0) is 15.9. The lowest BCUT2D eigenvalue weighted by atomic mass is 10.1. The Labute approximate surface area is 126 Å². The summed E-state index contributed by atoms with van der Waals surface area (Å²) in [5.41, 5.74) is 1.13. The van der Waals surface area contributed by atoms with E-state index in [1.165, 1.54) is 13.1 Å². The van der Waals surface area contributed by atoms with E-state index >= 15 is 0 Å². The number of hydrogen-bond donors (Lipinski definition) is 1. The average molecular weight is 299 g/mol. The van der Waals surface area contributed by atoms with Crippen LogP contribution in [-0.2, 0) is 13.6 Å². The van der Waals surface area contributed by atoms with Gasteiger partial charge in [0.15, 0.2) is 5.43 Å². The molecule has 2 aliphatic rings. The second-order valence-electron chi connectivity index (χ2n) is 5.43. The molecule has 0 bridgehead atoms. The number of hydrogen-bond acceptors (Lipinski definition) is 3. The van der Waals surface area contributed by atoms with E-state index in [1.807, 2.05) is 4.57 Å². The van der Waals surface area contributed by atoms with Crippen LogP contribution in [0.15, 0.2) is 38.6 Å². The minimum absolute atomic E-state index is 0.0942. The van der Waals surface area contributed by atoms with E-state index in [9.17, 15) is 14.4 Å². The van der Waals surface area contributed by atoms with Gasteiger partial charge in [0.1, 0.15) is 5.65 Å². The molecule has 3 rings (SSSR count). The molecule has 1 aliphatic heterocycles. The van der Waals surface area contributed by atoms with Crippen LogP contribution >= 0.6 is 0 Å². The molecule has 0 spiro atoms. The lowest BCUT2D eigenvalue weighted by molar-refractivity contribution is 0.642. The van der Waals surface area contributed by atoms with Crippen molar-refractivity contribution < 1.29 is 0 Å². The number of unbranched alkanes of at least 4 members (excludes halogenated alkanes) is 1. The summed E-state index contributed by atoms with van der Waals surface area (Å²) in [5.74, 6) is 0. The zero-order valence-corrected chi connectivity index (χ0v) is 12.5. The first-order valence-corrected chi connectivity index (χ1v) is 7.29. The first-order valence-electron chi connectivity index (χ1n) is 7.29. The van der Waals surface area contributed by atoms with Gasteiger partial charge >= 0.3 is 5.69 Å². The Balaban J connectivity index is 2.52. The Hall–Kier alpha value is -2.63. The summed E-state index contributed by atoms with van der Waals surface area (Å²) in [5, 5.41) is 0.448. The van der Waals surface area contributed by atoms with Crippen molar-refractivity contribution in [2.75, 3.05) is 0 Å². The summed E-state index contributed by atoms with van der Waals surface area (Å²) in [6.45, 7) is 2.70. The van der Waals surface area contributed by atoms with Crippen LogP contribution in [0.3, 0.4) is 0 Å². The largest absolute Gasteiger partial charge is 0.329 e. The Morgan fingerprint density at radius 1 is 1.14 bits per heavy atom. The zero-order valence-electron chi connectivity index (χ0n) is 12.5. The SMILES string of the molecule is CCCCn1c2cc(=O)ccc-2cc2c(=O)n(C)c(=O)[nH]c21. The molecule has 0 unspecified atom stereocenters. The third-order valence-electron chi connectivity index (χ3n) is 3.92. The molecule has 0 saturated heterocycles. The Morgan fingerprint density at radius 2 is 1.91 bits per heavy atom. The highest BCUT2D eigenvalue weighted by Crippen LogP contribution is 2.24. The number of nitrogens with zero attached hydrogens (tertiary/aromatic N) is 2. The number of pyridine rings is 1. The van der Waals surface area contributed by atoms with Gasteiger partial charge in [0.2, 0.25) is 0 Å². The second-order valence-corrected chi connectivity index (χ2v) is 5.43. The van der Waals surface area contributed by atoms with Gasteiger partial charge in [0.25, 0.3) is 5.56 Å².